The van der Waals surface area contributed by atoms with Gasteiger partial charge in [0, 0.05) is 36.6 Å². The summed E-state index contributed by atoms with van der Waals surface area (Å²) in [6.45, 7) is 7.47. The third kappa shape index (κ3) is 5.21. The van der Waals surface area contributed by atoms with E-state index in [0.29, 0.717) is 54.3 Å². The molecule has 8 heteroatoms. The largest absolute Gasteiger partial charge is 0.389 e. The molecule has 0 aliphatic carbocycles. The molecule has 2 aromatic heterocycles. The van der Waals surface area contributed by atoms with Crippen LogP contribution in [0.1, 0.15) is 74.4 Å². The van der Waals surface area contributed by atoms with E-state index in [0.717, 1.165) is 18.4 Å². The van der Waals surface area contributed by atoms with E-state index in [9.17, 15) is 5.11 Å². The molecule has 2 fully saturated rings. The summed E-state index contributed by atoms with van der Waals surface area (Å²) in [6.07, 6.45) is 7.65. The lowest BCUT2D eigenvalue weighted by Crippen LogP contribution is -2.42. The first-order valence-electron chi connectivity index (χ1n) is 11.2. The van der Waals surface area contributed by atoms with Gasteiger partial charge in [0.25, 0.3) is 0 Å². The molecule has 4 rings (SSSR count). The summed E-state index contributed by atoms with van der Waals surface area (Å²) in [5.74, 6) is 7.08. The van der Waals surface area contributed by atoms with Crippen molar-refractivity contribution < 1.29 is 9.84 Å². The van der Waals surface area contributed by atoms with Gasteiger partial charge in [0.2, 0.25) is 5.95 Å². The highest BCUT2D eigenvalue weighted by Crippen LogP contribution is 2.33. The van der Waals surface area contributed by atoms with Gasteiger partial charge in [0.1, 0.15) is 5.69 Å². The van der Waals surface area contributed by atoms with Gasteiger partial charge in [0.15, 0.2) is 0 Å². The van der Waals surface area contributed by atoms with Crippen LogP contribution in [0.5, 0.6) is 0 Å². The minimum absolute atomic E-state index is 0.166. The third-order valence-electron chi connectivity index (χ3n) is 6.05. The van der Waals surface area contributed by atoms with Crippen molar-refractivity contribution in [3.8, 4) is 11.8 Å². The van der Waals surface area contributed by atoms with Crippen molar-refractivity contribution in [1.82, 2.24) is 20.3 Å². The predicted octanol–water partition coefficient (Wildman–Crippen LogP) is 3.42. The predicted molar refractivity (Wildman–Crippen MR) is 125 cm³/mol. The van der Waals surface area contributed by atoms with Crippen molar-refractivity contribution in [3.63, 3.8) is 0 Å². The van der Waals surface area contributed by atoms with Gasteiger partial charge in [-0.05, 0) is 49.2 Å². The lowest BCUT2D eigenvalue weighted by atomic mass is 9.90. The summed E-state index contributed by atoms with van der Waals surface area (Å²) < 4.78 is 5.28. The molecule has 0 spiro atoms. The van der Waals surface area contributed by atoms with Gasteiger partial charge >= 0.3 is 0 Å². The fraction of sp³-hybridized carbons (Fsp3) is 0.542. The number of aromatic nitrogens is 3. The van der Waals surface area contributed by atoms with Crippen molar-refractivity contribution in [1.29, 1.82) is 0 Å². The number of pyridine rings is 1. The molecule has 0 amide bonds. The maximum atomic E-state index is 10.1. The summed E-state index contributed by atoms with van der Waals surface area (Å²) in [7, 11) is 0. The number of aliphatic hydroxyl groups is 1. The molecule has 32 heavy (non-hydrogen) atoms. The first-order valence-corrected chi connectivity index (χ1v) is 11.6. The highest BCUT2D eigenvalue weighted by atomic mass is 35.5. The van der Waals surface area contributed by atoms with Crippen LogP contribution in [-0.2, 0) is 4.74 Å². The van der Waals surface area contributed by atoms with Crippen molar-refractivity contribution >= 4 is 17.5 Å². The number of halogens is 1. The Morgan fingerprint density at radius 2 is 2.06 bits per heavy atom. The van der Waals surface area contributed by atoms with Gasteiger partial charge in [-0.3, -0.25) is 4.98 Å². The highest BCUT2D eigenvalue weighted by Gasteiger charge is 2.26. The molecule has 2 unspecified atom stereocenters. The number of hydrogen-bond donors (Lipinski definition) is 3. The zero-order chi connectivity index (χ0) is 22.7. The Hall–Kier alpha value is -2.24. The zero-order valence-corrected chi connectivity index (χ0v) is 19.5. The SMILES string of the molecule is CC1CCC(c2cncc(C#Cc3nc(N[C@@H]4CCOC[C@H]4O)ncc3Cl)c2C(C)C)N1. The molecule has 7 nitrogen and oxygen atoms in total. The lowest BCUT2D eigenvalue weighted by Gasteiger charge is -2.28. The number of nitrogens with one attached hydrogen (secondary N) is 2. The number of anilines is 1. The van der Waals surface area contributed by atoms with Gasteiger partial charge < -0.3 is 20.5 Å². The van der Waals surface area contributed by atoms with Crippen molar-refractivity contribution in [2.24, 2.45) is 0 Å². The second-order valence-electron chi connectivity index (χ2n) is 8.86. The minimum atomic E-state index is -0.605. The van der Waals surface area contributed by atoms with Crippen LogP contribution >= 0.6 is 11.6 Å². The molecule has 2 aromatic rings. The number of rotatable bonds is 4. The van der Waals surface area contributed by atoms with Crippen LogP contribution < -0.4 is 10.6 Å². The quantitative estimate of drug-likeness (QED) is 0.608. The minimum Gasteiger partial charge on any atom is -0.389 e. The van der Waals surface area contributed by atoms with Crippen LogP contribution in [0.15, 0.2) is 18.6 Å². The number of hydrogen-bond acceptors (Lipinski definition) is 7. The average Bonchev–Trinajstić information content (AvgIpc) is 3.21. The maximum absolute atomic E-state index is 10.1. The fourth-order valence-corrected chi connectivity index (χ4v) is 4.53. The Bertz CT molecular complexity index is 1020. The summed E-state index contributed by atoms with van der Waals surface area (Å²) in [6, 6.07) is 0.649. The second kappa shape index (κ2) is 10.1. The molecule has 0 radical (unpaired) electrons. The Kier molecular flexibility index (Phi) is 7.27. The summed E-state index contributed by atoms with van der Waals surface area (Å²) in [5, 5.41) is 17.3. The molecule has 4 heterocycles. The van der Waals surface area contributed by atoms with E-state index in [1.165, 1.54) is 17.3 Å². The number of nitrogens with zero attached hydrogens (tertiary/aromatic N) is 3. The van der Waals surface area contributed by atoms with Gasteiger partial charge in [-0.15, -0.1) is 0 Å². The molecular formula is C24H30ClN5O2. The molecule has 4 atom stereocenters. The van der Waals surface area contributed by atoms with E-state index >= 15 is 0 Å². The van der Waals surface area contributed by atoms with E-state index in [-0.39, 0.29) is 6.04 Å². The summed E-state index contributed by atoms with van der Waals surface area (Å²) in [4.78, 5) is 13.2. The van der Waals surface area contributed by atoms with Crippen molar-refractivity contribution in [2.75, 3.05) is 18.5 Å². The highest BCUT2D eigenvalue weighted by molar-refractivity contribution is 6.31. The van der Waals surface area contributed by atoms with Crippen LogP contribution in [-0.4, -0.2) is 51.5 Å². The standard InChI is InChI=1S/C24H30ClN5O2/c1-14(2)23-16(10-26-11-17(23)19-6-4-15(3)28-19)5-7-20-18(25)12-27-24(29-20)30-21-8-9-32-13-22(21)31/h10-12,14-15,19,21-22,28,31H,4,6,8-9,13H2,1-3H3,(H,27,29,30)/t15?,19?,21-,22-/m1/s1. The first-order chi connectivity index (χ1) is 15.4. The monoisotopic (exact) mass is 455 g/mol. The molecule has 2 saturated heterocycles. The molecule has 0 bridgehead atoms. The molecule has 2 aliphatic heterocycles. The number of ether oxygens (including phenoxy) is 1. The smallest absolute Gasteiger partial charge is 0.224 e. The van der Waals surface area contributed by atoms with Crippen LogP contribution in [0.3, 0.4) is 0 Å². The number of aliphatic hydroxyl groups excluding tert-OH is 1. The Morgan fingerprint density at radius 1 is 1.22 bits per heavy atom. The normalized spacial score (nSPS) is 25.4. The van der Waals surface area contributed by atoms with Gasteiger partial charge in [0.05, 0.1) is 30.0 Å². The molecular weight excluding hydrogens is 426 g/mol. The van der Waals surface area contributed by atoms with Crippen LogP contribution in [0, 0.1) is 11.8 Å². The van der Waals surface area contributed by atoms with Gasteiger partial charge in [-0.2, -0.15) is 0 Å². The molecule has 0 aromatic carbocycles. The zero-order valence-electron chi connectivity index (χ0n) is 18.7. The topological polar surface area (TPSA) is 92.2 Å². The van der Waals surface area contributed by atoms with Crippen LogP contribution in [0.25, 0.3) is 0 Å². The molecule has 170 valence electrons. The summed E-state index contributed by atoms with van der Waals surface area (Å²) in [5.41, 5.74) is 3.77. The van der Waals surface area contributed by atoms with E-state index in [1.807, 2.05) is 12.4 Å². The Labute approximate surface area is 194 Å². The van der Waals surface area contributed by atoms with Crippen molar-refractivity contribution in [2.45, 2.75) is 70.2 Å². The Balaban J connectivity index is 1.61. The van der Waals surface area contributed by atoms with Crippen molar-refractivity contribution in [3.05, 3.63) is 46.0 Å². The summed E-state index contributed by atoms with van der Waals surface area (Å²) >= 11 is 6.34. The third-order valence-corrected chi connectivity index (χ3v) is 6.32. The van der Waals surface area contributed by atoms with E-state index < -0.39 is 6.10 Å². The lowest BCUT2D eigenvalue weighted by molar-refractivity contribution is -0.0136. The van der Waals surface area contributed by atoms with E-state index in [1.54, 1.807) is 0 Å². The molecule has 2 aliphatic rings. The second-order valence-corrected chi connectivity index (χ2v) is 9.27. The van der Waals surface area contributed by atoms with Gasteiger partial charge in [-0.25, -0.2) is 9.97 Å². The van der Waals surface area contributed by atoms with E-state index in [2.05, 4.69) is 58.2 Å². The average molecular weight is 456 g/mol. The van der Waals surface area contributed by atoms with Crippen LogP contribution in [0.4, 0.5) is 5.95 Å². The van der Waals surface area contributed by atoms with Gasteiger partial charge in [-0.1, -0.05) is 31.4 Å². The Morgan fingerprint density at radius 3 is 2.78 bits per heavy atom. The molecule has 3 N–H and O–H groups in total. The van der Waals surface area contributed by atoms with Crippen LogP contribution in [0.2, 0.25) is 5.02 Å². The van der Waals surface area contributed by atoms with E-state index in [4.69, 9.17) is 16.3 Å². The first kappa shape index (κ1) is 22.9. The maximum Gasteiger partial charge on any atom is 0.224 e. The molecule has 0 saturated carbocycles. The fourth-order valence-electron chi connectivity index (χ4n) is 4.39.